The molecule has 0 radical (unpaired) electrons. The summed E-state index contributed by atoms with van der Waals surface area (Å²) in [5, 5.41) is 3.25. The van der Waals surface area contributed by atoms with E-state index < -0.39 is 18.1 Å². The molecule has 0 fully saturated rings. The fourth-order valence-electron chi connectivity index (χ4n) is 1.50. The molecule has 0 bridgehead atoms. The van der Waals surface area contributed by atoms with Gasteiger partial charge in [0.1, 0.15) is 5.75 Å². The number of halogens is 4. The minimum Gasteiger partial charge on any atom is -0.496 e. The van der Waals surface area contributed by atoms with Crippen molar-refractivity contribution in [3.8, 4) is 5.75 Å². The lowest BCUT2D eigenvalue weighted by molar-refractivity contribution is -0.159. The van der Waals surface area contributed by atoms with E-state index in [2.05, 4.69) is 30.6 Å². The molecule has 1 aromatic carbocycles. The molecule has 0 aliphatic carbocycles. The molecule has 0 aliphatic heterocycles. The van der Waals surface area contributed by atoms with Crippen molar-refractivity contribution in [1.29, 1.82) is 0 Å². The van der Waals surface area contributed by atoms with E-state index in [4.69, 9.17) is 10.5 Å². The van der Waals surface area contributed by atoms with Gasteiger partial charge in [0.05, 0.1) is 17.6 Å². The highest BCUT2D eigenvalue weighted by molar-refractivity contribution is 9.10. The second kappa shape index (κ2) is 5.41. The van der Waals surface area contributed by atoms with Gasteiger partial charge in [-0.15, -0.1) is 0 Å². The van der Waals surface area contributed by atoms with E-state index in [1.54, 1.807) is 18.2 Å². The Kier molecular flexibility index (Phi) is 4.00. The maximum Gasteiger partial charge on any atom is 0.471 e. The Morgan fingerprint density at radius 2 is 2.10 bits per heavy atom. The van der Waals surface area contributed by atoms with Crippen LogP contribution in [0.15, 0.2) is 27.2 Å². The van der Waals surface area contributed by atoms with Crippen molar-refractivity contribution >= 4 is 15.9 Å². The van der Waals surface area contributed by atoms with Crippen molar-refractivity contribution < 1.29 is 22.4 Å². The molecule has 1 aromatic heterocycles. The second-order valence-electron chi connectivity index (χ2n) is 3.83. The van der Waals surface area contributed by atoms with Crippen LogP contribution in [0.5, 0.6) is 5.75 Å². The number of aromatic nitrogens is 2. The first-order chi connectivity index (χ1) is 9.32. The lowest BCUT2D eigenvalue weighted by atomic mass is 10.1. The molecule has 1 atom stereocenters. The molecule has 2 aromatic rings. The topological polar surface area (TPSA) is 74.2 Å². The molecule has 0 spiro atoms. The van der Waals surface area contributed by atoms with Gasteiger partial charge in [0, 0.05) is 0 Å². The van der Waals surface area contributed by atoms with Gasteiger partial charge in [0.25, 0.3) is 0 Å². The summed E-state index contributed by atoms with van der Waals surface area (Å²) in [6.07, 6.45) is -4.69. The third kappa shape index (κ3) is 2.93. The van der Waals surface area contributed by atoms with Gasteiger partial charge in [-0.25, -0.2) is 0 Å². The number of nitrogens with two attached hydrogens (primary N) is 1. The minimum absolute atomic E-state index is 0.241. The standard InChI is InChI=1S/C11H9BrF3N3O2/c1-19-7-3-2-5(4-6(7)12)8(16)9-17-10(20-18-9)11(13,14)15/h2-4,8H,16H2,1H3. The van der Waals surface area contributed by atoms with Gasteiger partial charge < -0.3 is 15.0 Å². The maximum absolute atomic E-state index is 12.4. The van der Waals surface area contributed by atoms with Crippen molar-refractivity contribution in [3.63, 3.8) is 0 Å². The number of ether oxygens (including phenoxy) is 1. The molecule has 2 N–H and O–H groups in total. The molecule has 20 heavy (non-hydrogen) atoms. The van der Waals surface area contributed by atoms with Crippen LogP contribution in [0.4, 0.5) is 13.2 Å². The van der Waals surface area contributed by atoms with Gasteiger partial charge in [-0.1, -0.05) is 11.2 Å². The zero-order chi connectivity index (χ0) is 14.9. The molecule has 0 saturated carbocycles. The first kappa shape index (κ1) is 14.8. The van der Waals surface area contributed by atoms with Gasteiger partial charge in [-0.05, 0) is 33.6 Å². The summed E-state index contributed by atoms with van der Waals surface area (Å²) in [4.78, 5) is 3.26. The summed E-state index contributed by atoms with van der Waals surface area (Å²) in [5.41, 5.74) is 6.34. The van der Waals surface area contributed by atoms with Gasteiger partial charge in [0.15, 0.2) is 5.82 Å². The summed E-state index contributed by atoms with van der Waals surface area (Å²) in [6, 6.07) is 3.92. The predicted octanol–water partition coefficient (Wildman–Crippen LogP) is 2.91. The van der Waals surface area contributed by atoms with Crippen LogP contribution in [0.1, 0.15) is 23.3 Å². The molecule has 0 aliphatic rings. The summed E-state index contributed by atoms with van der Waals surface area (Å²) in [7, 11) is 1.49. The van der Waals surface area contributed by atoms with Gasteiger partial charge in [0.2, 0.25) is 0 Å². The Morgan fingerprint density at radius 1 is 1.40 bits per heavy atom. The van der Waals surface area contributed by atoms with Crippen molar-refractivity contribution in [3.05, 3.63) is 40.0 Å². The van der Waals surface area contributed by atoms with Crippen molar-refractivity contribution in [2.24, 2.45) is 5.73 Å². The van der Waals surface area contributed by atoms with E-state index in [0.29, 0.717) is 15.8 Å². The smallest absolute Gasteiger partial charge is 0.471 e. The largest absolute Gasteiger partial charge is 0.496 e. The highest BCUT2D eigenvalue weighted by Gasteiger charge is 2.39. The molecule has 9 heteroatoms. The van der Waals surface area contributed by atoms with Crippen LogP contribution in [0.2, 0.25) is 0 Å². The second-order valence-corrected chi connectivity index (χ2v) is 4.68. The van der Waals surface area contributed by atoms with E-state index in [1.165, 1.54) is 7.11 Å². The van der Waals surface area contributed by atoms with Crippen LogP contribution >= 0.6 is 15.9 Å². The Bertz CT molecular complexity index is 615. The summed E-state index contributed by atoms with van der Waals surface area (Å²) in [5.74, 6) is -1.09. The molecule has 2 rings (SSSR count). The number of nitrogens with zero attached hydrogens (tertiary/aromatic N) is 2. The number of benzene rings is 1. The molecular formula is C11H9BrF3N3O2. The van der Waals surface area contributed by atoms with E-state index >= 15 is 0 Å². The molecular weight excluding hydrogens is 343 g/mol. The zero-order valence-corrected chi connectivity index (χ0v) is 11.7. The quantitative estimate of drug-likeness (QED) is 0.920. The highest BCUT2D eigenvalue weighted by atomic mass is 79.9. The fourth-order valence-corrected chi connectivity index (χ4v) is 2.06. The average molecular weight is 352 g/mol. The Labute approximate surface area is 120 Å². The van der Waals surface area contributed by atoms with Gasteiger partial charge in [-0.2, -0.15) is 18.2 Å². The van der Waals surface area contributed by atoms with Crippen molar-refractivity contribution in [2.75, 3.05) is 7.11 Å². The molecule has 0 saturated heterocycles. The average Bonchev–Trinajstić information content (AvgIpc) is 2.87. The summed E-state index contributed by atoms with van der Waals surface area (Å²) >= 11 is 3.26. The number of rotatable bonds is 3. The Balaban J connectivity index is 2.29. The monoisotopic (exact) mass is 351 g/mol. The summed E-state index contributed by atoms with van der Waals surface area (Å²) in [6.45, 7) is 0. The lowest BCUT2D eigenvalue weighted by Crippen LogP contribution is -2.14. The highest BCUT2D eigenvalue weighted by Crippen LogP contribution is 2.31. The van der Waals surface area contributed by atoms with E-state index in [-0.39, 0.29) is 5.82 Å². The first-order valence-electron chi connectivity index (χ1n) is 5.32. The number of hydrogen-bond donors (Lipinski definition) is 1. The number of alkyl halides is 3. The van der Waals surface area contributed by atoms with Crippen LogP contribution < -0.4 is 10.5 Å². The van der Waals surface area contributed by atoms with Crippen LogP contribution in [-0.2, 0) is 6.18 Å². The van der Waals surface area contributed by atoms with Crippen LogP contribution in [0.3, 0.4) is 0 Å². The minimum atomic E-state index is -4.69. The zero-order valence-electron chi connectivity index (χ0n) is 10.1. The van der Waals surface area contributed by atoms with Crippen molar-refractivity contribution in [1.82, 2.24) is 10.1 Å². The van der Waals surface area contributed by atoms with Crippen LogP contribution in [0, 0.1) is 0 Å². The van der Waals surface area contributed by atoms with Gasteiger partial charge >= 0.3 is 12.1 Å². The third-order valence-electron chi connectivity index (χ3n) is 2.50. The lowest BCUT2D eigenvalue weighted by Gasteiger charge is -2.10. The molecule has 5 nitrogen and oxygen atoms in total. The number of methoxy groups -OCH3 is 1. The molecule has 0 amide bonds. The number of hydrogen-bond acceptors (Lipinski definition) is 5. The third-order valence-corrected chi connectivity index (χ3v) is 3.12. The van der Waals surface area contributed by atoms with E-state index in [0.717, 1.165) is 0 Å². The Morgan fingerprint density at radius 3 is 2.60 bits per heavy atom. The first-order valence-corrected chi connectivity index (χ1v) is 6.12. The van der Waals surface area contributed by atoms with Crippen LogP contribution in [0.25, 0.3) is 0 Å². The predicted molar refractivity (Wildman–Crippen MR) is 66.0 cm³/mol. The maximum atomic E-state index is 12.4. The SMILES string of the molecule is COc1ccc(C(N)c2noc(C(F)(F)F)n2)cc1Br. The molecule has 1 unspecified atom stereocenters. The molecule has 108 valence electrons. The Hall–Kier alpha value is -1.61. The van der Waals surface area contributed by atoms with Gasteiger partial charge in [-0.3, -0.25) is 0 Å². The molecule has 1 heterocycles. The van der Waals surface area contributed by atoms with E-state index in [1.807, 2.05) is 0 Å². The summed E-state index contributed by atoms with van der Waals surface area (Å²) < 4.78 is 46.9. The van der Waals surface area contributed by atoms with Crippen molar-refractivity contribution in [2.45, 2.75) is 12.2 Å². The van der Waals surface area contributed by atoms with E-state index in [9.17, 15) is 13.2 Å². The fraction of sp³-hybridized carbons (Fsp3) is 0.273. The normalized spacial score (nSPS) is 13.3. The van der Waals surface area contributed by atoms with Crippen LogP contribution in [-0.4, -0.2) is 17.3 Å².